The van der Waals surface area contributed by atoms with Gasteiger partial charge in [-0.1, -0.05) is 30.3 Å². The van der Waals surface area contributed by atoms with Crippen LogP contribution < -0.4 is 10.5 Å². The Hall–Kier alpha value is -1.87. The molecule has 0 aliphatic heterocycles. The topological polar surface area (TPSA) is 35.2 Å². The molecule has 0 aromatic heterocycles. The van der Waals surface area contributed by atoms with E-state index in [1.807, 2.05) is 31.2 Å². The molecular formula is C15H16FNO. The molecule has 2 N–H and O–H groups in total. The molecule has 2 rings (SSSR count). The first-order valence-electron chi connectivity index (χ1n) is 5.95. The second kappa shape index (κ2) is 5.65. The van der Waals surface area contributed by atoms with Gasteiger partial charge in [0.15, 0.2) is 0 Å². The van der Waals surface area contributed by atoms with Gasteiger partial charge in [-0.2, -0.15) is 0 Å². The SMILES string of the molecule is CCOc1ccc(C(N)c2ccccc2F)cc1. The van der Waals surface area contributed by atoms with Crippen LogP contribution in [0.2, 0.25) is 0 Å². The van der Waals surface area contributed by atoms with Gasteiger partial charge in [-0.3, -0.25) is 0 Å². The van der Waals surface area contributed by atoms with Gasteiger partial charge in [0, 0.05) is 5.56 Å². The molecule has 2 nitrogen and oxygen atoms in total. The third-order valence-electron chi connectivity index (χ3n) is 2.79. The van der Waals surface area contributed by atoms with Crippen molar-refractivity contribution in [3.63, 3.8) is 0 Å². The predicted octanol–water partition coefficient (Wildman–Crippen LogP) is 3.27. The Labute approximate surface area is 106 Å². The fraction of sp³-hybridized carbons (Fsp3) is 0.200. The van der Waals surface area contributed by atoms with Gasteiger partial charge < -0.3 is 10.5 Å². The summed E-state index contributed by atoms with van der Waals surface area (Å²) in [5.41, 5.74) is 7.43. The molecule has 94 valence electrons. The zero-order valence-corrected chi connectivity index (χ0v) is 10.3. The van der Waals surface area contributed by atoms with Crippen molar-refractivity contribution in [1.29, 1.82) is 0 Å². The lowest BCUT2D eigenvalue weighted by molar-refractivity contribution is 0.340. The van der Waals surface area contributed by atoms with Crippen LogP contribution in [-0.2, 0) is 0 Å². The summed E-state index contributed by atoms with van der Waals surface area (Å²) in [5.74, 6) is 0.515. The van der Waals surface area contributed by atoms with Crippen molar-refractivity contribution < 1.29 is 9.13 Å². The molecular weight excluding hydrogens is 229 g/mol. The third kappa shape index (κ3) is 2.68. The van der Waals surface area contributed by atoms with E-state index in [1.54, 1.807) is 18.2 Å². The van der Waals surface area contributed by atoms with Gasteiger partial charge in [-0.05, 0) is 30.7 Å². The number of rotatable bonds is 4. The van der Waals surface area contributed by atoms with E-state index in [0.717, 1.165) is 11.3 Å². The van der Waals surface area contributed by atoms with Crippen LogP contribution in [0.15, 0.2) is 48.5 Å². The van der Waals surface area contributed by atoms with E-state index in [0.29, 0.717) is 12.2 Å². The summed E-state index contributed by atoms with van der Waals surface area (Å²) in [4.78, 5) is 0. The van der Waals surface area contributed by atoms with Crippen molar-refractivity contribution in [2.45, 2.75) is 13.0 Å². The Kier molecular flexibility index (Phi) is 3.95. The summed E-state index contributed by atoms with van der Waals surface area (Å²) in [5, 5.41) is 0. The number of hydrogen-bond acceptors (Lipinski definition) is 2. The van der Waals surface area contributed by atoms with Crippen LogP contribution in [0.1, 0.15) is 24.1 Å². The van der Waals surface area contributed by atoms with E-state index in [-0.39, 0.29) is 5.82 Å². The Bertz CT molecular complexity index is 510. The highest BCUT2D eigenvalue weighted by Gasteiger charge is 2.12. The van der Waals surface area contributed by atoms with Crippen LogP contribution in [-0.4, -0.2) is 6.61 Å². The lowest BCUT2D eigenvalue weighted by atomic mass is 9.99. The minimum absolute atomic E-state index is 0.279. The van der Waals surface area contributed by atoms with Gasteiger partial charge >= 0.3 is 0 Å². The van der Waals surface area contributed by atoms with E-state index < -0.39 is 6.04 Å². The summed E-state index contributed by atoms with van der Waals surface area (Å²) in [7, 11) is 0. The maximum absolute atomic E-state index is 13.6. The molecule has 0 saturated carbocycles. The minimum atomic E-state index is -0.457. The average Bonchev–Trinajstić information content (AvgIpc) is 2.40. The quantitative estimate of drug-likeness (QED) is 0.897. The Morgan fingerprint density at radius 3 is 2.39 bits per heavy atom. The van der Waals surface area contributed by atoms with Crippen molar-refractivity contribution in [1.82, 2.24) is 0 Å². The van der Waals surface area contributed by atoms with E-state index >= 15 is 0 Å². The van der Waals surface area contributed by atoms with E-state index in [4.69, 9.17) is 10.5 Å². The molecule has 0 fully saturated rings. The largest absolute Gasteiger partial charge is 0.494 e. The average molecular weight is 245 g/mol. The smallest absolute Gasteiger partial charge is 0.128 e. The molecule has 1 atom stereocenters. The summed E-state index contributed by atoms with van der Waals surface area (Å²) in [6, 6.07) is 13.5. The molecule has 0 bridgehead atoms. The highest BCUT2D eigenvalue weighted by molar-refractivity contribution is 5.35. The number of hydrogen-bond donors (Lipinski definition) is 1. The summed E-state index contributed by atoms with van der Waals surface area (Å²) >= 11 is 0. The second-order valence-electron chi connectivity index (χ2n) is 4.00. The molecule has 0 heterocycles. The molecule has 2 aromatic rings. The molecule has 1 unspecified atom stereocenters. The van der Waals surface area contributed by atoms with Crippen LogP contribution in [0, 0.1) is 5.82 Å². The lowest BCUT2D eigenvalue weighted by Crippen LogP contribution is -2.13. The first-order chi connectivity index (χ1) is 8.72. The number of halogens is 1. The highest BCUT2D eigenvalue weighted by atomic mass is 19.1. The first-order valence-corrected chi connectivity index (χ1v) is 5.95. The predicted molar refractivity (Wildman–Crippen MR) is 70.0 cm³/mol. The highest BCUT2D eigenvalue weighted by Crippen LogP contribution is 2.23. The Morgan fingerprint density at radius 1 is 1.11 bits per heavy atom. The van der Waals surface area contributed by atoms with Crippen molar-refractivity contribution >= 4 is 0 Å². The summed E-state index contributed by atoms with van der Waals surface area (Å²) in [6.45, 7) is 2.55. The molecule has 18 heavy (non-hydrogen) atoms. The first kappa shape index (κ1) is 12.6. The van der Waals surface area contributed by atoms with Crippen LogP contribution in [0.4, 0.5) is 4.39 Å². The zero-order chi connectivity index (χ0) is 13.0. The number of nitrogens with two attached hydrogens (primary N) is 1. The number of ether oxygens (including phenoxy) is 1. The summed E-state index contributed by atoms with van der Waals surface area (Å²) in [6.07, 6.45) is 0. The van der Waals surface area contributed by atoms with Gasteiger partial charge in [0.2, 0.25) is 0 Å². The molecule has 0 aliphatic rings. The fourth-order valence-corrected chi connectivity index (χ4v) is 1.84. The molecule has 3 heteroatoms. The Morgan fingerprint density at radius 2 is 1.78 bits per heavy atom. The van der Waals surface area contributed by atoms with Gasteiger partial charge in [0.25, 0.3) is 0 Å². The minimum Gasteiger partial charge on any atom is -0.494 e. The normalized spacial score (nSPS) is 12.2. The van der Waals surface area contributed by atoms with Crippen LogP contribution in [0.25, 0.3) is 0 Å². The second-order valence-corrected chi connectivity index (χ2v) is 4.00. The van der Waals surface area contributed by atoms with Gasteiger partial charge in [-0.25, -0.2) is 4.39 Å². The monoisotopic (exact) mass is 245 g/mol. The number of benzene rings is 2. The van der Waals surface area contributed by atoms with Crippen LogP contribution in [0.5, 0.6) is 5.75 Å². The van der Waals surface area contributed by atoms with Gasteiger partial charge in [0.05, 0.1) is 12.6 Å². The van der Waals surface area contributed by atoms with Crippen LogP contribution in [0.3, 0.4) is 0 Å². The van der Waals surface area contributed by atoms with Crippen LogP contribution >= 0.6 is 0 Å². The molecule has 0 spiro atoms. The zero-order valence-electron chi connectivity index (χ0n) is 10.3. The standard InChI is InChI=1S/C15H16FNO/c1-2-18-12-9-7-11(8-10-12)15(17)13-5-3-4-6-14(13)16/h3-10,15H,2,17H2,1H3. The molecule has 2 aromatic carbocycles. The fourth-order valence-electron chi connectivity index (χ4n) is 1.84. The molecule has 0 saturated heterocycles. The molecule has 0 amide bonds. The van der Waals surface area contributed by atoms with E-state index in [9.17, 15) is 4.39 Å². The third-order valence-corrected chi connectivity index (χ3v) is 2.79. The Balaban J connectivity index is 2.23. The maximum atomic E-state index is 13.6. The maximum Gasteiger partial charge on any atom is 0.128 e. The van der Waals surface area contributed by atoms with Crippen molar-refractivity contribution in [3.8, 4) is 5.75 Å². The van der Waals surface area contributed by atoms with E-state index in [2.05, 4.69) is 0 Å². The van der Waals surface area contributed by atoms with Crippen molar-refractivity contribution in [2.75, 3.05) is 6.61 Å². The van der Waals surface area contributed by atoms with Crippen molar-refractivity contribution in [2.24, 2.45) is 5.73 Å². The van der Waals surface area contributed by atoms with Gasteiger partial charge in [0.1, 0.15) is 11.6 Å². The molecule has 0 radical (unpaired) electrons. The summed E-state index contributed by atoms with van der Waals surface area (Å²) < 4.78 is 19.0. The molecule has 0 aliphatic carbocycles. The van der Waals surface area contributed by atoms with Crippen molar-refractivity contribution in [3.05, 3.63) is 65.5 Å². The van der Waals surface area contributed by atoms with Gasteiger partial charge in [-0.15, -0.1) is 0 Å². The van der Waals surface area contributed by atoms with E-state index in [1.165, 1.54) is 6.07 Å². The lowest BCUT2D eigenvalue weighted by Gasteiger charge is -2.14.